The maximum absolute atomic E-state index is 10.5. The quantitative estimate of drug-likeness (QED) is 0.649. The van der Waals surface area contributed by atoms with Crippen LogP contribution in [0, 0.1) is 0 Å². The van der Waals surface area contributed by atoms with Crippen molar-refractivity contribution in [2.45, 2.75) is 32.6 Å². The van der Waals surface area contributed by atoms with Crippen molar-refractivity contribution >= 4 is 12.1 Å². The summed E-state index contributed by atoms with van der Waals surface area (Å²) in [4.78, 5) is 20.1. The van der Waals surface area contributed by atoms with Crippen molar-refractivity contribution in [3.63, 3.8) is 0 Å². The fourth-order valence-corrected chi connectivity index (χ4v) is 0.949. The van der Waals surface area contributed by atoms with E-state index in [-0.39, 0.29) is 5.97 Å². The van der Waals surface area contributed by atoms with Gasteiger partial charge < -0.3 is 15.2 Å². The molecule has 1 fully saturated rings. The number of primary amides is 1. The molecule has 0 aromatic carbocycles. The van der Waals surface area contributed by atoms with Gasteiger partial charge in [-0.3, -0.25) is 4.79 Å². The maximum atomic E-state index is 10.5. The van der Waals surface area contributed by atoms with Crippen molar-refractivity contribution in [1.29, 1.82) is 0 Å². The standard InChI is InChI=1S/C6H10O2.C3H7NO2/c7-6-4-2-1-3-5-8-6;1-2-6-3(4)5/h1-5H2;2H2,1H3,(H2,4,5). The van der Waals surface area contributed by atoms with Gasteiger partial charge in [0.25, 0.3) is 0 Å². The second kappa shape index (κ2) is 8.34. The molecule has 0 atom stereocenters. The normalized spacial score (nSPS) is 15.6. The number of hydrogen-bond donors (Lipinski definition) is 1. The Morgan fingerprint density at radius 1 is 1.50 bits per heavy atom. The molecule has 0 unspecified atom stereocenters. The molecule has 0 radical (unpaired) electrons. The molecule has 1 rings (SSSR count). The van der Waals surface area contributed by atoms with Crippen molar-refractivity contribution in [2.75, 3.05) is 13.2 Å². The number of amides is 1. The van der Waals surface area contributed by atoms with Gasteiger partial charge >= 0.3 is 12.1 Å². The molecule has 0 aromatic heterocycles. The molecule has 0 bridgehead atoms. The summed E-state index contributed by atoms with van der Waals surface area (Å²) < 4.78 is 8.94. The number of ether oxygens (including phenoxy) is 2. The SMILES string of the molecule is CCOC(N)=O.O=C1CCCCCO1. The minimum absolute atomic E-state index is 0.0255. The first-order chi connectivity index (χ1) is 6.66. The van der Waals surface area contributed by atoms with Crippen LogP contribution in [-0.2, 0) is 14.3 Å². The highest BCUT2D eigenvalue weighted by atomic mass is 16.5. The summed E-state index contributed by atoms with van der Waals surface area (Å²) in [5.74, 6) is -0.0255. The van der Waals surface area contributed by atoms with E-state index in [0.29, 0.717) is 19.6 Å². The highest BCUT2D eigenvalue weighted by Gasteiger charge is 2.05. The first kappa shape index (κ1) is 12.7. The molecule has 0 aliphatic carbocycles. The van der Waals surface area contributed by atoms with Gasteiger partial charge in [-0.1, -0.05) is 0 Å². The molecule has 1 aliphatic heterocycles. The van der Waals surface area contributed by atoms with E-state index in [4.69, 9.17) is 4.74 Å². The summed E-state index contributed by atoms with van der Waals surface area (Å²) in [7, 11) is 0. The van der Waals surface area contributed by atoms with Crippen LogP contribution in [0.1, 0.15) is 32.6 Å². The zero-order valence-electron chi connectivity index (χ0n) is 8.45. The predicted octanol–water partition coefficient (Wildman–Crippen LogP) is 1.21. The van der Waals surface area contributed by atoms with Gasteiger partial charge in [-0.25, -0.2) is 4.79 Å². The molecule has 0 aromatic rings. The molecule has 82 valence electrons. The van der Waals surface area contributed by atoms with E-state index >= 15 is 0 Å². The summed E-state index contributed by atoms with van der Waals surface area (Å²) in [6, 6.07) is 0. The van der Waals surface area contributed by atoms with Crippen molar-refractivity contribution < 1.29 is 19.1 Å². The van der Waals surface area contributed by atoms with Gasteiger partial charge in [0.15, 0.2) is 0 Å². The van der Waals surface area contributed by atoms with Crippen LogP contribution in [0.2, 0.25) is 0 Å². The lowest BCUT2D eigenvalue weighted by atomic mass is 10.2. The molecule has 5 nitrogen and oxygen atoms in total. The highest BCUT2D eigenvalue weighted by Crippen LogP contribution is 2.06. The maximum Gasteiger partial charge on any atom is 0.404 e. The van der Waals surface area contributed by atoms with Crippen LogP contribution in [0.15, 0.2) is 0 Å². The predicted molar refractivity (Wildman–Crippen MR) is 50.6 cm³/mol. The van der Waals surface area contributed by atoms with E-state index in [9.17, 15) is 9.59 Å². The molecule has 0 spiro atoms. The number of esters is 1. The molecule has 1 amide bonds. The van der Waals surface area contributed by atoms with Gasteiger partial charge in [-0.2, -0.15) is 0 Å². The van der Waals surface area contributed by atoms with Gasteiger partial charge in [-0.05, 0) is 26.2 Å². The van der Waals surface area contributed by atoms with Crippen molar-refractivity contribution in [3.05, 3.63) is 0 Å². The highest BCUT2D eigenvalue weighted by molar-refractivity contribution is 5.69. The Morgan fingerprint density at radius 2 is 2.21 bits per heavy atom. The second-order valence-electron chi connectivity index (χ2n) is 2.78. The second-order valence-corrected chi connectivity index (χ2v) is 2.78. The largest absolute Gasteiger partial charge is 0.466 e. The fraction of sp³-hybridized carbons (Fsp3) is 0.778. The van der Waals surface area contributed by atoms with Gasteiger partial charge in [0, 0.05) is 6.42 Å². The molecule has 1 heterocycles. The molecule has 5 heteroatoms. The molecular weight excluding hydrogens is 186 g/mol. The topological polar surface area (TPSA) is 78.6 Å². The van der Waals surface area contributed by atoms with Crippen molar-refractivity contribution in [2.24, 2.45) is 5.73 Å². The summed E-state index contributed by atoms with van der Waals surface area (Å²) >= 11 is 0. The number of nitrogens with two attached hydrogens (primary N) is 1. The van der Waals surface area contributed by atoms with Crippen LogP contribution < -0.4 is 5.73 Å². The molecule has 1 saturated heterocycles. The Balaban J connectivity index is 0.000000255. The van der Waals surface area contributed by atoms with Crippen LogP contribution in [0.5, 0.6) is 0 Å². The van der Waals surface area contributed by atoms with Crippen molar-refractivity contribution in [3.8, 4) is 0 Å². The Bertz CT molecular complexity index is 172. The number of cyclic esters (lactones) is 1. The molecule has 1 aliphatic rings. The van der Waals surface area contributed by atoms with Crippen LogP contribution in [0.25, 0.3) is 0 Å². The molecular formula is C9H17NO4. The van der Waals surface area contributed by atoms with Crippen LogP contribution in [-0.4, -0.2) is 25.3 Å². The summed E-state index contributed by atoms with van der Waals surface area (Å²) in [5.41, 5.74) is 4.54. The van der Waals surface area contributed by atoms with E-state index in [2.05, 4.69) is 10.5 Å². The van der Waals surface area contributed by atoms with E-state index in [1.165, 1.54) is 0 Å². The minimum Gasteiger partial charge on any atom is -0.466 e. The van der Waals surface area contributed by atoms with E-state index in [1.807, 2.05) is 0 Å². The van der Waals surface area contributed by atoms with E-state index in [1.54, 1.807) is 6.92 Å². The monoisotopic (exact) mass is 203 g/mol. The van der Waals surface area contributed by atoms with Crippen LogP contribution >= 0.6 is 0 Å². The zero-order valence-corrected chi connectivity index (χ0v) is 8.45. The van der Waals surface area contributed by atoms with Gasteiger partial charge in [0.2, 0.25) is 0 Å². The van der Waals surface area contributed by atoms with Gasteiger partial charge in [-0.15, -0.1) is 0 Å². The lowest BCUT2D eigenvalue weighted by Crippen LogP contribution is -2.11. The third-order valence-electron chi connectivity index (χ3n) is 1.57. The summed E-state index contributed by atoms with van der Waals surface area (Å²) in [5, 5.41) is 0. The third kappa shape index (κ3) is 8.83. The fourth-order valence-electron chi connectivity index (χ4n) is 0.949. The number of hydrogen-bond acceptors (Lipinski definition) is 4. The Labute approximate surface area is 83.5 Å². The van der Waals surface area contributed by atoms with Gasteiger partial charge in [0.05, 0.1) is 13.2 Å². The number of rotatable bonds is 1. The summed E-state index contributed by atoms with van der Waals surface area (Å²) in [6.45, 7) is 2.69. The van der Waals surface area contributed by atoms with Gasteiger partial charge in [0.1, 0.15) is 0 Å². The first-order valence-corrected chi connectivity index (χ1v) is 4.74. The third-order valence-corrected chi connectivity index (χ3v) is 1.57. The van der Waals surface area contributed by atoms with Crippen LogP contribution in [0.3, 0.4) is 0 Å². The smallest absolute Gasteiger partial charge is 0.404 e. The number of carbonyl (C=O) groups excluding carboxylic acids is 2. The van der Waals surface area contributed by atoms with E-state index in [0.717, 1.165) is 19.3 Å². The van der Waals surface area contributed by atoms with Crippen molar-refractivity contribution in [1.82, 2.24) is 0 Å². The van der Waals surface area contributed by atoms with E-state index < -0.39 is 6.09 Å². The Morgan fingerprint density at radius 3 is 2.71 bits per heavy atom. The Kier molecular flexibility index (Phi) is 7.59. The minimum atomic E-state index is -0.711. The average molecular weight is 203 g/mol. The molecule has 0 saturated carbocycles. The Hall–Kier alpha value is -1.26. The molecule has 14 heavy (non-hydrogen) atoms. The summed E-state index contributed by atoms with van der Waals surface area (Å²) in [6.07, 6.45) is 3.12. The van der Waals surface area contributed by atoms with Crippen LogP contribution in [0.4, 0.5) is 4.79 Å². The molecule has 2 N–H and O–H groups in total. The lowest BCUT2D eigenvalue weighted by Gasteiger charge is -1.93. The number of carbonyl (C=O) groups is 2. The zero-order chi connectivity index (χ0) is 10.8. The lowest BCUT2D eigenvalue weighted by molar-refractivity contribution is -0.142. The first-order valence-electron chi connectivity index (χ1n) is 4.74. The average Bonchev–Trinajstić information content (AvgIpc) is 2.33.